The van der Waals surface area contributed by atoms with Crippen LogP contribution in [0.15, 0.2) is 6.33 Å². The van der Waals surface area contributed by atoms with E-state index in [2.05, 4.69) is 20.6 Å². The maximum absolute atomic E-state index is 12.1. The van der Waals surface area contributed by atoms with Gasteiger partial charge < -0.3 is 20.6 Å². The predicted molar refractivity (Wildman–Crippen MR) is 96.6 cm³/mol. The van der Waals surface area contributed by atoms with Gasteiger partial charge >= 0.3 is 6.03 Å². The molecule has 3 rings (SSSR count). The Morgan fingerprint density at radius 2 is 2.00 bits per heavy atom. The molecule has 0 spiro atoms. The number of urea groups is 1. The van der Waals surface area contributed by atoms with Gasteiger partial charge in [0.1, 0.15) is 12.1 Å². The van der Waals surface area contributed by atoms with E-state index in [4.69, 9.17) is 0 Å². The molecule has 1 aromatic heterocycles. The van der Waals surface area contributed by atoms with Crippen LogP contribution in [0, 0.1) is 0 Å². The van der Waals surface area contributed by atoms with Crippen LogP contribution in [0.25, 0.3) is 0 Å². The summed E-state index contributed by atoms with van der Waals surface area (Å²) in [5.74, 6) is 0.807. The van der Waals surface area contributed by atoms with Crippen molar-refractivity contribution in [3.8, 4) is 0 Å². The first kappa shape index (κ1) is 17.9. The van der Waals surface area contributed by atoms with Gasteiger partial charge in [-0.1, -0.05) is 19.3 Å². The minimum atomic E-state index is -0.631. The lowest BCUT2D eigenvalue weighted by molar-refractivity contribution is 0.0166. The van der Waals surface area contributed by atoms with Crippen LogP contribution in [0.2, 0.25) is 0 Å². The Morgan fingerprint density at radius 3 is 2.76 bits per heavy atom. The molecule has 0 bridgehead atoms. The third-order valence-corrected chi connectivity index (χ3v) is 5.27. The van der Waals surface area contributed by atoms with Crippen LogP contribution in [0.1, 0.15) is 50.3 Å². The van der Waals surface area contributed by atoms with Crippen LogP contribution < -0.4 is 10.6 Å². The number of rotatable bonds is 4. The normalized spacial score (nSPS) is 19.7. The molecule has 2 aliphatic rings. The van der Waals surface area contributed by atoms with E-state index in [9.17, 15) is 9.90 Å². The molecule has 7 heteroatoms. The average molecular weight is 347 g/mol. The Labute approximate surface area is 149 Å². The van der Waals surface area contributed by atoms with E-state index < -0.39 is 5.60 Å². The van der Waals surface area contributed by atoms with Crippen LogP contribution >= 0.6 is 0 Å². The lowest BCUT2D eigenvalue weighted by Crippen LogP contribution is -2.41. The Bertz CT molecular complexity index is 601. The average Bonchev–Trinajstić information content (AvgIpc) is 2.84. The third kappa shape index (κ3) is 4.39. The fraction of sp³-hybridized carbons (Fsp3) is 0.722. The zero-order chi connectivity index (χ0) is 17.7. The van der Waals surface area contributed by atoms with Crippen LogP contribution in [0.3, 0.4) is 0 Å². The number of nitrogens with zero attached hydrogens (tertiary/aromatic N) is 3. The number of aliphatic hydroxyl groups is 1. The number of carbonyl (C=O) groups is 1. The summed E-state index contributed by atoms with van der Waals surface area (Å²) in [5, 5.41) is 16.9. The summed E-state index contributed by atoms with van der Waals surface area (Å²) in [6, 6.07) is -0.0192. The lowest BCUT2D eigenvalue weighted by Gasteiger charge is -2.32. The smallest absolute Gasteiger partial charge is 0.317 e. The second kappa shape index (κ2) is 7.99. The van der Waals surface area contributed by atoms with Gasteiger partial charge in [0.05, 0.1) is 11.3 Å². The van der Waals surface area contributed by atoms with Crippen molar-refractivity contribution in [2.24, 2.45) is 0 Å². The van der Waals surface area contributed by atoms with Gasteiger partial charge in [0.15, 0.2) is 0 Å². The number of carbonyl (C=O) groups excluding carboxylic acids is 1. The van der Waals surface area contributed by atoms with E-state index in [0.29, 0.717) is 26.2 Å². The number of hydrogen-bond acceptors (Lipinski definition) is 5. The van der Waals surface area contributed by atoms with E-state index in [1.165, 1.54) is 6.42 Å². The van der Waals surface area contributed by atoms with Gasteiger partial charge in [-0.05, 0) is 26.2 Å². The molecule has 7 nitrogen and oxygen atoms in total. The van der Waals surface area contributed by atoms with Crippen LogP contribution in [0.5, 0.6) is 0 Å². The van der Waals surface area contributed by atoms with E-state index in [-0.39, 0.29) is 6.03 Å². The molecule has 1 fully saturated rings. The molecular weight excluding hydrogens is 318 g/mol. The highest BCUT2D eigenvalue weighted by Crippen LogP contribution is 2.29. The summed E-state index contributed by atoms with van der Waals surface area (Å²) in [6.45, 7) is 4.41. The van der Waals surface area contributed by atoms with Crippen molar-refractivity contribution < 1.29 is 9.90 Å². The summed E-state index contributed by atoms with van der Waals surface area (Å²) >= 11 is 0. The Hall–Kier alpha value is -1.89. The molecular formula is C18H29N5O2. The van der Waals surface area contributed by atoms with Gasteiger partial charge in [-0.3, -0.25) is 0 Å². The molecule has 3 N–H and O–H groups in total. The molecule has 138 valence electrons. The van der Waals surface area contributed by atoms with Crippen LogP contribution in [-0.2, 0) is 12.8 Å². The van der Waals surface area contributed by atoms with Crippen LogP contribution in [-0.4, -0.2) is 57.8 Å². The number of anilines is 1. The molecule has 0 unspecified atom stereocenters. The topological polar surface area (TPSA) is 90.4 Å². The Balaban J connectivity index is 1.67. The molecule has 0 saturated heterocycles. The SMILES string of the molecule is CCNC(=O)N1CCc2ncnc(NCC3(O)CCCCC3)c2CC1. The molecule has 25 heavy (non-hydrogen) atoms. The molecule has 1 aromatic rings. The van der Waals surface area contributed by atoms with Crippen molar-refractivity contribution in [1.29, 1.82) is 0 Å². The largest absolute Gasteiger partial charge is 0.388 e. The highest BCUT2D eigenvalue weighted by Gasteiger charge is 2.29. The van der Waals surface area contributed by atoms with Crippen LogP contribution in [0.4, 0.5) is 10.6 Å². The van der Waals surface area contributed by atoms with E-state index in [1.54, 1.807) is 6.33 Å². The maximum Gasteiger partial charge on any atom is 0.317 e. The summed E-state index contributed by atoms with van der Waals surface area (Å²) in [6.07, 6.45) is 8.11. The molecule has 2 amide bonds. The van der Waals surface area contributed by atoms with Gasteiger partial charge in [-0.15, -0.1) is 0 Å². The zero-order valence-corrected chi connectivity index (χ0v) is 15.1. The lowest BCUT2D eigenvalue weighted by atomic mass is 9.85. The first-order valence-corrected chi connectivity index (χ1v) is 9.43. The molecule has 2 heterocycles. The predicted octanol–water partition coefficient (Wildman–Crippen LogP) is 1.71. The number of aromatic nitrogens is 2. The van der Waals surface area contributed by atoms with E-state index in [0.717, 1.165) is 55.6 Å². The fourth-order valence-electron chi connectivity index (χ4n) is 3.78. The van der Waals surface area contributed by atoms with Gasteiger partial charge in [0.25, 0.3) is 0 Å². The first-order valence-electron chi connectivity index (χ1n) is 9.43. The molecule has 1 aliphatic carbocycles. The Kier molecular flexibility index (Phi) is 5.73. The van der Waals surface area contributed by atoms with Crippen molar-refractivity contribution >= 4 is 11.8 Å². The number of amides is 2. The fourth-order valence-corrected chi connectivity index (χ4v) is 3.78. The van der Waals surface area contributed by atoms with Crippen molar-refractivity contribution in [3.05, 3.63) is 17.6 Å². The monoisotopic (exact) mass is 347 g/mol. The number of fused-ring (bicyclic) bond motifs is 1. The molecule has 1 aliphatic heterocycles. The second-order valence-electron chi connectivity index (χ2n) is 7.11. The number of nitrogens with one attached hydrogen (secondary N) is 2. The first-order chi connectivity index (χ1) is 12.1. The third-order valence-electron chi connectivity index (χ3n) is 5.27. The van der Waals surface area contributed by atoms with Crippen molar-refractivity contribution in [1.82, 2.24) is 20.2 Å². The number of hydrogen-bond donors (Lipinski definition) is 3. The van der Waals surface area contributed by atoms with E-state index in [1.807, 2.05) is 11.8 Å². The maximum atomic E-state index is 12.1. The Morgan fingerprint density at radius 1 is 1.24 bits per heavy atom. The minimum Gasteiger partial charge on any atom is -0.388 e. The molecule has 0 radical (unpaired) electrons. The van der Waals surface area contributed by atoms with E-state index >= 15 is 0 Å². The van der Waals surface area contributed by atoms with Gasteiger partial charge in [0, 0.05) is 38.2 Å². The molecule has 0 aromatic carbocycles. The standard InChI is InChI=1S/C18H29N5O2/c1-2-19-17(24)23-10-6-14-15(7-11-23)21-13-22-16(14)20-12-18(25)8-4-3-5-9-18/h13,25H,2-12H2,1H3,(H,19,24)(H,20,21,22). The van der Waals surface area contributed by atoms with Gasteiger partial charge in [-0.2, -0.15) is 0 Å². The summed E-state index contributed by atoms with van der Waals surface area (Å²) < 4.78 is 0. The molecule has 1 saturated carbocycles. The molecule has 0 atom stereocenters. The highest BCUT2D eigenvalue weighted by atomic mass is 16.3. The minimum absolute atomic E-state index is 0.0192. The zero-order valence-electron chi connectivity index (χ0n) is 15.1. The van der Waals surface area contributed by atoms with Gasteiger partial charge in [-0.25, -0.2) is 14.8 Å². The highest BCUT2D eigenvalue weighted by molar-refractivity contribution is 5.74. The second-order valence-corrected chi connectivity index (χ2v) is 7.11. The quantitative estimate of drug-likeness (QED) is 0.771. The summed E-state index contributed by atoms with van der Waals surface area (Å²) in [7, 11) is 0. The van der Waals surface area contributed by atoms with Crippen molar-refractivity contribution in [2.45, 2.75) is 57.5 Å². The van der Waals surface area contributed by atoms with Gasteiger partial charge in [0.2, 0.25) is 0 Å². The summed E-state index contributed by atoms with van der Waals surface area (Å²) in [5.41, 5.74) is 1.45. The summed E-state index contributed by atoms with van der Waals surface area (Å²) in [4.78, 5) is 22.8. The van der Waals surface area contributed by atoms with Crippen molar-refractivity contribution in [3.63, 3.8) is 0 Å². The van der Waals surface area contributed by atoms with Crippen molar-refractivity contribution in [2.75, 3.05) is 31.5 Å².